The van der Waals surface area contributed by atoms with E-state index in [1.807, 2.05) is 47.4 Å². The predicted molar refractivity (Wildman–Crippen MR) is 94.3 cm³/mol. The van der Waals surface area contributed by atoms with Crippen molar-refractivity contribution in [3.8, 4) is 11.1 Å². The van der Waals surface area contributed by atoms with Crippen LogP contribution in [0, 0.1) is 0 Å². The van der Waals surface area contributed by atoms with E-state index in [2.05, 4.69) is 17.4 Å². The number of likely N-dealkylation sites (tertiary alicyclic amines) is 1. The molecular formula is C19H23N3O. The SMILES string of the molecule is NC1CCCN(C(=O)Nc2ccccc2-c2ccccc2)CC1. The molecule has 2 aromatic carbocycles. The van der Waals surface area contributed by atoms with Crippen molar-refractivity contribution in [2.24, 2.45) is 5.73 Å². The molecule has 3 rings (SSSR count). The number of anilines is 1. The number of benzene rings is 2. The maximum atomic E-state index is 12.6. The Labute approximate surface area is 137 Å². The van der Waals surface area contributed by atoms with Gasteiger partial charge in [0.05, 0.1) is 5.69 Å². The quantitative estimate of drug-likeness (QED) is 0.888. The summed E-state index contributed by atoms with van der Waals surface area (Å²) in [6.45, 7) is 1.49. The molecule has 0 saturated carbocycles. The molecule has 0 aliphatic carbocycles. The Kier molecular flexibility index (Phi) is 4.93. The van der Waals surface area contributed by atoms with Crippen molar-refractivity contribution in [1.29, 1.82) is 0 Å². The Hall–Kier alpha value is -2.33. The molecule has 1 aliphatic heterocycles. The van der Waals surface area contributed by atoms with E-state index in [9.17, 15) is 4.79 Å². The lowest BCUT2D eigenvalue weighted by Crippen LogP contribution is -2.36. The number of urea groups is 1. The van der Waals surface area contributed by atoms with Gasteiger partial charge in [-0.2, -0.15) is 0 Å². The number of nitrogens with two attached hydrogens (primary N) is 1. The molecular weight excluding hydrogens is 286 g/mol. The molecule has 1 saturated heterocycles. The van der Waals surface area contributed by atoms with Crippen LogP contribution in [-0.2, 0) is 0 Å². The molecule has 0 radical (unpaired) electrons. The molecule has 1 fully saturated rings. The molecule has 2 aromatic rings. The molecule has 1 aliphatic rings. The van der Waals surface area contributed by atoms with Gasteiger partial charge in [-0.05, 0) is 30.9 Å². The standard InChI is InChI=1S/C19H23N3O/c20-16-9-6-13-22(14-12-16)19(23)21-18-11-5-4-10-17(18)15-7-2-1-3-8-15/h1-5,7-8,10-11,16H,6,9,12-14,20H2,(H,21,23). The van der Waals surface area contributed by atoms with Gasteiger partial charge >= 0.3 is 6.03 Å². The van der Waals surface area contributed by atoms with Crippen LogP contribution in [0.2, 0.25) is 0 Å². The van der Waals surface area contributed by atoms with Crippen LogP contribution in [0.3, 0.4) is 0 Å². The van der Waals surface area contributed by atoms with E-state index < -0.39 is 0 Å². The van der Waals surface area contributed by atoms with Crippen LogP contribution in [0.25, 0.3) is 11.1 Å². The third-order valence-corrected chi connectivity index (χ3v) is 4.31. The topological polar surface area (TPSA) is 58.4 Å². The van der Waals surface area contributed by atoms with Gasteiger partial charge in [-0.25, -0.2) is 4.79 Å². The predicted octanol–water partition coefficient (Wildman–Crippen LogP) is 3.70. The first-order valence-corrected chi connectivity index (χ1v) is 8.20. The number of amides is 2. The van der Waals surface area contributed by atoms with Gasteiger partial charge in [0.2, 0.25) is 0 Å². The summed E-state index contributed by atoms with van der Waals surface area (Å²) in [5, 5.41) is 3.07. The van der Waals surface area contributed by atoms with Crippen LogP contribution in [-0.4, -0.2) is 30.1 Å². The minimum Gasteiger partial charge on any atom is -0.328 e. The highest BCUT2D eigenvalue weighted by molar-refractivity contribution is 5.94. The molecule has 4 nitrogen and oxygen atoms in total. The third-order valence-electron chi connectivity index (χ3n) is 4.31. The highest BCUT2D eigenvalue weighted by Gasteiger charge is 2.19. The first kappa shape index (κ1) is 15.6. The van der Waals surface area contributed by atoms with E-state index in [-0.39, 0.29) is 12.1 Å². The Bertz CT molecular complexity index is 657. The van der Waals surface area contributed by atoms with E-state index in [0.717, 1.165) is 49.2 Å². The molecule has 1 atom stereocenters. The number of para-hydroxylation sites is 1. The maximum absolute atomic E-state index is 12.6. The highest BCUT2D eigenvalue weighted by atomic mass is 16.2. The van der Waals surface area contributed by atoms with Gasteiger partial charge in [0.1, 0.15) is 0 Å². The Morgan fingerprint density at radius 3 is 2.57 bits per heavy atom. The minimum absolute atomic E-state index is 0.0394. The van der Waals surface area contributed by atoms with Crippen molar-refractivity contribution in [1.82, 2.24) is 4.90 Å². The smallest absolute Gasteiger partial charge is 0.321 e. The molecule has 120 valence electrons. The molecule has 3 N–H and O–H groups in total. The number of hydrogen-bond acceptors (Lipinski definition) is 2. The average molecular weight is 309 g/mol. The van der Waals surface area contributed by atoms with Gasteiger partial charge in [-0.15, -0.1) is 0 Å². The fourth-order valence-electron chi connectivity index (χ4n) is 2.98. The van der Waals surface area contributed by atoms with Crippen LogP contribution in [0.15, 0.2) is 54.6 Å². The van der Waals surface area contributed by atoms with Crippen LogP contribution >= 0.6 is 0 Å². The van der Waals surface area contributed by atoms with E-state index in [1.165, 1.54) is 0 Å². The summed E-state index contributed by atoms with van der Waals surface area (Å²) in [5.41, 5.74) is 8.97. The number of hydrogen-bond donors (Lipinski definition) is 2. The second-order valence-corrected chi connectivity index (χ2v) is 6.02. The van der Waals surface area contributed by atoms with Crippen molar-refractivity contribution in [3.05, 3.63) is 54.6 Å². The number of rotatable bonds is 2. The van der Waals surface area contributed by atoms with Crippen LogP contribution < -0.4 is 11.1 Å². The van der Waals surface area contributed by atoms with Gasteiger partial charge in [0, 0.05) is 24.7 Å². The molecule has 1 unspecified atom stereocenters. The van der Waals surface area contributed by atoms with Crippen LogP contribution in [0.5, 0.6) is 0 Å². The van der Waals surface area contributed by atoms with Gasteiger partial charge in [-0.3, -0.25) is 0 Å². The first-order chi connectivity index (χ1) is 11.2. The summed E-state index contributed by atoms with van der Waals surface area (Å²) in [4.78, 5) is 14.5. The zero-order chi connectivity index (χ0) is 16.1. The van der Waals surface area contributed by atoms with Gasteiger partial charge < -0.3 is 16.0 Å². The number of carbonyl (C=O) groups is 1. The normalized spacial score (nSPS) is 18.3. The fourth-order valence-corrected chi connectivity index (χ4v) is 2.98. The number of nitrogens with zero attached hydrogens (tertiary/aromatic N) is 1. The van der Waals surface area contributed by atoms with E-state index in [0.29, 0.717) is 0 Å². The second kappa shape index (κ2) is 7.29. The molecule has 0 aromatic heterocycles. The van der Waals surface area contributed by atoms with Crippen molar-refractivity contribution >= 4 is 11.7 Å². The summed E-state index contributed by atoms with van der Waals surface area (Å²) < 4.78 is 0. The summed E-state index contributed by atoms with van der Waals surface area (Å²) in [7, 11) is 0. The average Bonchev–Trinajstić information content (AvgIpc) is 2.81. The van der Waals surface area contributed by atoms with Crippen LogP contribution in [0.1, 0.15) is 19.3 Å². The molecule has 2 amide bonds. The van der Waals surface area contributed by atoms with Gasteiger partial charge in [0.15, 0.2) is 0 Å². The minimum atomic E-state index is -0.0394. The van der Waals surface area contributed by atoms with Crippen molar-refractivity contribution in [2.45, 2.75) is 25.3 Å². The van der Waals surface area contributed by atoms with Crippen molar-refractivity contribution in [3.63, 3.8) is 0 Å². The molecule has 23 heavy (non-hydrogen) atoms. The molecule has 0 spiro atoms. The second-order valence-electron chi connectivity index (χ2n) is 6.02. The fraction of sp³-hybridized carbons (Fsp3) is 0.316. The molecule has 1 heterocycles. The Balaban J connectivity index is 1.76. The molecule has 0 bridgehead atoms. The van der Waals surface area contributed by atoms with E-state index >= 15 is 0 Å². The number of carbonyl (C=O) groups excluding carboxylic acids is 1. The summed E-state index contributed by atoms with van der Waals surface area (Å²) in [5.74, 6) is 0. The third kappa shape index (κ3) is 3.90. The molecule has 4 heteroatoms. The summed E-state index contributed by atoms with van der Waals surface area (Å²) in [6.07, 6.45) is 2.83. The maximum Gasteiger partial charge on any atom is 0.321 e. The lowest BCUT2D eigenvalue weighted by molar-refractivity contribution is 0.213. The van der Waals surface area contributed by atoms with Crippen molar-refractivity contribution < 1.29 is 4.79 Å². The lowest BCUT2D eigenvalue weighted by atomic mass is 10.0. The van der Waals surface area contributed by atoms with Gasteiger partial charge in [-0.1, -0.05) is 48.5 Å². The van der Waals surface area contributed by atoms with Gasteiger partial charge in [0.25, 0.3) is 0 Å². The van der Waals surface area contributed by atoms with Crippen LogP contribution in [0.4, 0.5) is 10.5 Å². The zero-order valence-electron chi connectivity index (χ0n) is 13.2. The lowest BCUT2D eigenvalue weighted by Gasteiger charge is -2.22. The monoisotopic (exact) mass is 309 g/mol. The Morgan fingerprint density at radius 1 is 1.00 bits per heavy atom. The first-order valence-electron chi connectivity index (χ1n) is 8.20. The summed E-state index contributed by atoms with van der Waals surface area (Å²) >= 11 is 0. The van der Waals surface area contributed by atoms with E-state index in [1.54, 1.807) is 0 Å². The highest BCUT2D eigenvalue weighted by Crippen LogP contribution is 2.27. The van der Waals surface area contributed by atoms with E-state index in [4.69, 9.17) is 5.73 Å². The summed E-state index contributed by atoms with van der Waals surface area (Å²) in [6, 6.07) is 18.2. The Morgan fingerprint density at radius 2 is 1.74 bits per heavy atom. The number of nitrogens with one attached hydrogen (secondary N) is 1. The largest absolute Gasteiger partial charge is 0.328 e. The van der Waals surface area contributed by atoms with Crippen molar-refractivity contribution in [2.75, 3.05) is 18.4 Å². The zero-order valence-corrected chi connectivity index (χ0v) is 13.2.